The summed E-state index contributed by atoms with van der Waals surface area (Å²) in [6, 6.07) is 12.2. The largest absolute Gasteiger partial charge is 0.481 e. The fourth-order valence-electron chi connectivity index (χ4n) is 3.25. The van der Waals surface area contributed by atoms with E-state index in [1.807, 2.05) is 12.1 Å². The van der Waals surface area contributed by atoms with Crippen LogP contribution in [-0.2, 0) is 9.59 Å². The van der Waals surface area contributed by atoms with E-state index in [1.165, 1.54) is 0 Å². The first-order valence-electron chi connectivity index (χ1n) is 8.68. The van der Waals surface area contributed by atoms with Crippen LogP contribution in [0.2, 0.25) is 0 Å². The van der Waals surface area contributed by atoms with Crippen LogP contribution in [0.3, 0.4) is 0 Å². The molecular formula is C20H18N2O5. The molecule has 7 nitrogen and oxygen atoms in total. The highest BCUT2D eigenvalue weighted by Crippen LogP contribution is 2.47. The summed E-state index contributed by atoms with van der Waals surface area (Å²) in [4.78, 5) is 35.4. The van der Waals surface area contributed by atoms with Crippen molar-refractivity contribution in [3.05, 3.63) is 53.6 Å². The van der Waals surface area contributed by atoms with Crippen molar-refractivity contribution < 1.29 is 24.2 Å². The first-order chi connectivity index (χ1) is 12.9. The second-order valence-electron chi connectivity index (χ2n) is 6.79. The van der Waals surface area contributed by atoms with Crippen LogP contribution < -0.4 is 15.4 Å². The SMILES string of the molecule is CC1Oc2c(cccc2C(=O)Nc2ccc([C@@H]3C[C@H]3C(=O)O)cc2)NC1=O. The lowest BCUT2D eigenvalue weighted by Crippen LogP contribution is -2.35. The summed E-state index contributed by atoms with van der Waals surface area (Å²) in [6.07, 6.45) is -0.0234. The number of para-hydroxylation sites is 1. The minimum atomic E-state index is -0.771. The van der Waals surface area contributed by atoms with Crippen LogP contribution >= 0.6 is 0 Å². The molecule has 4 rings (SSSR count). The molecule has 27 heavy (non-hydrogen) atoms. The Morgan fingerprint density at radius 3 is 2.59 bits per heavy atom. The Morgan fingerprint density at radius 1 is 1.19 bits per heavy atom. The predicted octanol–water partition coefficient (Wildman–Crippen LogP) is 2.85. The highest BCUT2D eigenvalue weighted by atomic mass is 16.5. The van der Waals surface area contributed by atoms with Gasteiger partial charge in [0.25, 0.3) is 11.8 Å². The molecule has 138 valence electrons. The lowest BCUT2D eigenvalue weighted by molar-refractivity contribution is -0.138. The summed E-state index contributed by atoms with van der Waals surface area (Å²) in [5, 5.41) is 14.5. The van der Waals surface area contributed by atoms with Gasteiger partial charge in [0.1, 0.15) is 0 Å². The number of benzene rings is 2. The van der Waals surface area contributed by atoms with Gasteiger partial charge >= 0.3 is 5.97 Å². The Balaban J connectivity index is 1.50. The van der Waals surface area contributed by atoms with Gasteiger partial charge in [-0.25, -0.2) is 0 Å². The fourth-order valence-corrected chi connectivity index (χ4v) is 3.25. The normalized spacial score (nSPS) is 22.9. The van der Waals surface area contributed by atoms with E-state index in [0.29, 0.717) is 29.1 Å². The molecule has 2 aromatic carbocycles. The van der Waals surface area contributed by atoms with E-state index in [0.717, 1.165) is 5.56 Å². The lowest BCUT2D eigenvalue weighted by Gasteiger charge is -2.25. The molecule has 3 atom stereocenters. The van der Waals surface area contributed by atoms with E-state index < -0.39 is 12.1 Å². The standard InChI is InChI=1S/C20H18N2O5/c1-10-18(23)22-16-4-2-3-13(17(16)27-10)19(24)21-12-7-5-11(6-8-12)14-9-15(14)20(25)26/h2-8,10,14-15H,9H2,1H3,(H,21,24)(H,22,23)(H,25,26)/t10?,14-,15+/m0/s1. The number of amides is 2. The molecule has 0 radical (unpaired) electrons. The van der Waals surface area contributed by atoms with Crippen molar-refractivity contribution in [3.63, 3.8) is 0 Å². The number of nitrogens with one attached hydrogen (secondary N) is 2. The predicted molar refractivity (Wildman–Crippen MR) is 98.0 cm³/mol. The molecule has 1 heterocycles. The van der Waals surface area contributed by atoms with Crippen molar-refractivity contribution in [1.29, 1.82) is 0 Å². The van der Waals surface area contributed by atoms with E-state index in [1.54, 1.807) is 37.3 Å². The number of aliphatic carboxylic acids is 1. The van der Waals surface area contributed by atoms with Crippen LogP contribution in [0.1, 0.15) is 35.2 Å². The van der Waals surface area contributed by atoms with Crippen molar-refractivity contribution in [2.45, 2.75) is 25.4 Å². The van der Waals surface area contributed by atoms with Crippen molar-refractivity contribution in [2.75, 3.05) is 10.6 Å². The Morgan fingerprint density at radius 2 is 1.93 bits per heavy atom. The molecule has 3 N–H and O–H groups in total. The van der Waals surface area contributed by atoms with Gasteiger partial charge in [-0.3, -0.25) is 14.4 Å². The van der Waals surface area contributed by atoms with E-state index in [2.05, 4.69) is 10.6 Å². The van der Waals surface area contributed by atoms with Gasteiger partial charge in [-0.05, 0) is 49.1 Å². The number of carbonyl (C=O) groups is 3. The van der Waals surface area contributed by atoms with E-state index in [9.17, 15) is 14.4 Å². The summed E-state index contributed by atoms with van der Waals surface area (Å²) in [6.45, 7) is 1.62. The van der Waals surface area contributed by atoms with Crippen LogP contribution in [0.15, 0.2) is 42.5 Å². The molecule has 1 saturated carbocycles. The molecule has 2 aromatic rings. The average molecular weight is 366 g/mol. The van der Waals surface area contributed by atoms with Crippen LogP contribution in [0.25, 0.3) is 0 Å². The lowest BCUT2D eigenvalue weighted by atomic mass is 10.1. The summed E-state index contributed by atoms with van der Waals surface area (Å²) < 4.78 is 5.60. The van der Waals surface area contributed by atoms with Crippen LogP contribution in [0, 0.1) is 5.92 Å². The monoisotopic (exact) mass is 366 g/mol. The van der Waals surface area contributed by atoms with E-state index in [-0.39, 0.29) is 23.7 Å². The van der Waals surface area contributed by atoms with Crippen LogP contribution in [0.5, 0.6) is 5.75 Å². The van der Waals surface area contributed by atoms with E-state index >= 15 is 0 Å². The number of carbonyl (C=O) groups excluding carboxylic acids is 2. The fraction of sp³-hybridized carbons (Fsp3) is 0.250. The Bertz CT molecular complexity index is 938. The number of ether oxygens (including phenoxy) is 1. The third kappa shape index (κ3) is 3.23. The Hall–Kier alpha value is -3.35. The van der Waals surface area contributed by atoms with Gasteiger partial charge in [-0.15, -0.1) is 0 Å². The number of rotatable bonds is 4. The molecular weight excluding hydrogens is 348 g/mol. The molecule has 1 fully saturated rings. The second kappa shape index (κ2) is 6.42. The van der Waals surface area contributed by atoms with Crippen molar-refractivity contribution in [2.24, 2.45) is 5.92 Å². The molecule has 0 bridgehead atoms. The smallest absolute Gasteiger partial charge is 0.307 e. The topological polar surface area (TPSA) is 105 Å². The zero-order chi connectivity index (χ0) is 19.1. The molecule has 2 aliphatic rings. The van der Waals surface area contributed by atoms with Gasteiger partial charge < -0.3 is 20.5 Å². The summed E-state index contributed by atoms with van der Waals surface area (Å²) in [7, 11) is 0. The number of anilines is 2. The number of hydrogen-bond acceptors (Lipinski definition) is 4. The zero-order valence-electron chi connectivity index (χ0n) is 14.6. The summed E-state index contributed by atoms with van der Waals surface area (Å²) in [5.74, 6) is -1.29. The highest BCUT2D eigenvalue weighted by molar-refractivity contribution is 6.09. The maximum atomic E-state index is 12.7. The number of carboxylic acid groups (broad SMARTS) is 1. The van der Waals surface area contributed by atoms with Gasteiger partial charge in [0.2, 0.25) is 0 Å². The molecule has 0 aromatic heterocycles. The summed E-state index contributed by atoms with van der Waals surface area (Å²) >= 11 is 0. The minimum Gasteiger partial charge on any atom is -0.481 e. The first-order valence-corrected chi connectivity index (χ1v) is 8.68. The highest BCUT2D eigenvalue weighted by Gasteiger charge is 2.44. The quantitative estimate of drug-likeness (QED) is 0.772. The molecule has 0 spiro atoms. The van der Waals surface area contributed by atoms with Gasteiger partial charge in [0, 0.05) is 5.69 Å². The Labute approximate surface area is 155 Å². The molecule has 2 amide bonds. The molecule has 0 saturated heterocycles. The van der Waals surface area contributed by atoms with Crippen LogP contribution in [-0.4, -0.2) is 29.0 Å². The first kappa shape index (κ1) is 17.1. The van der Waals surface area contributed by atoms with Crippen molar-refractivity contribution >= 4 is 29.2 Å². The van der Waals surface area contributed by atoms with Crippen LogP contribution in [0.4, 0.5) is 11.4 Å². The van der Waals surface area contributed by atoms with E-state index in [4.69, 9.17) is 9.84 Å². The summed E-state index contributed by atoms with van der Waals surface area (Å²) in [5.41, 5.74) is 2.35. The third-order valence-corrected chi connectivity index (χ3v) is 4.89. The van der Waals surface area contributed by atoms with Gasteiger partial charge in [-0.1, -0.05) is 18.2 Å². The molecule has 7 heteroatoms. The van der Waals surface area contributed by atoms with Gasteiger partial charge in [-0.2, -0.15) is 0 Å². The van der Waals surface area contributed by atoms with Gasteiger partial charge in [0.15, 0.2) is 11.9 Å². The minimum absolute atomic E-state index is 0.0480. The third-order valence-electron chi connectivity index (χ3n) is 4.89. The van der Waals surface area contributed by atoms with Crippen molar-refractivity contribution in [1.82, 2.24) is 0 Å². The van der Waals surface area contributed by atoms with Gasteiger partial charge in [0.05, 0.1) is 17.2 Å². The maximum Gasteiger partial charge on any atom is 0.307 e. The average Bonchev–Trinajstić information content (AvgIpc) is 3.44. The molecule has 1 aliphatic carbocycles. The molecule has 1 aliphatic heterocycles. The number of fused-ring (bicyclic) bond motifs is 1. The maximum absolute atomic E-state index is 12.7. The molecule has 1 unspecified atom stereocenters. The zero-order valence-corrected chi connectivity index (χ0v) is 14.6. The second-order valence-corrected chi connectivity index (χ2v) is 6.79. The Kier molecular flexibility index (Phi) is 4.07. The van der Waals surface area contributed by atoms with Crippen molar-refractivity contribution in [3.8, 4) is 5.75 Å². The number of carboxylic acids is 1. The number of hydrogen-bond donors (Lipinski definition) is 3.